The standard InChI is InChI=1S/C20H25N5O2S/c1-24(2)17(9-14-4-6-21-18(26)10-14)12-25(3)20-22-16(11-19(27)23-20)8-15-5-7-28-13-15/h4-7,10-11,13,17H,8-9,12H2,1-3H3,(H,21,26)(H,22,23,27)/t17-/m0/s1. The lowest BCUT2D eigenvalue weighted by Crippen LogP contribution is -2.41. The molecule has 0 radical (unpaired) electrons. The monoisotopic (exact) mass is 399 g/mol. The quantitative estimate of drug-likeness (QED) is 0.602. The minimum Gasteiger partial charge on any atom is -0.344 e. The summed E-state index contributed by atoms with van der Waals surface area (Å²) in [4.78, 5) is 37.9. The maximum Gasteiger partial charge on any atom is 0.252 e. The molecule has 3 aromatic heterocycles. The Morgan fingerprint density at radius 2 is 1.93 bits per heavy atom. The van der Waals surface area contributed by atoms with Gasteiger partial charge in [-0.15, -0.1) is 0 Å². The molecule has 0 aliphatic heterocycles. The first kappa shape index (κ1) is 20.0. The van der Waals surface area contributed by atoms with Crippen LogP contribution in [0.2, 0.25) is 0 Å². The highest BCUT2D eigenvalue weighted by Gasteiger charge is 2.17. The van der Waals surface area contributed by atoms with Crippen molar-refractivity contribution in [3.63, 3.8) is 0 Å². The third-order valence-electron chi connectivity index (χ3n) is 4.63. The smallest absolute Gasteiger partial charge is 0.252 e. The molecule has 0 fully saturated rings. The van der Waals surface area contributed by atoms with Gasteiger partial charge in [-0.2, -0.15) is 11.3 Å². The lowest BCUT2D eigenvalue weighted by atomic mass is 10.1. The van der Waals surface area contributed by atoms with E-state index in [0.717, 1.165) is 23.2 Å². The number of anilines is 1. The van der Waals surface area contributed by atoms with E-state index in [1.807, 2.05) is 43.6 Å². The van der Waals surface area contributed by atoms with Gasteiger partial charge in [0.1, 0.15) is 0 Å². The summed E-state index contributed by atoms with van der Waals surface area (Å²) in [7, 11) is 5.94. The van der Waals surface area contributed by atoms with Gasteiger partial charge in [-0.3, -0.25) is 14.6 Å². The SMILES string of the molecule is CN(C[C@H](Cc1cc[nH]c(=O)c1)N(C)C)c1nc(Cc2ccsc2)cc(=O)[nH]1. The van der Waals surface area contributed by atoms with E-state index in [0.29, 0.717) is 18.9 Å². The Labute approximate surface area is 167 Å². The van der Waals surface area contributed by atoms with Crippen LogP contribution >= 0.6 is 11.3 Å². The number of pyridine rings is 1. The van der Waals surface area contributed by atoms with Gasteiger partial charge >= 0.3 is 0 Å². The number of aromatic nitrogens is 3. The van der Waals surface area contributed by atoms with E-state index in [4.69, 9.17) is 0 Å². The van der Waals surface area contributed by atoms with Crippen LogP contribution in [0.5, 0.6) is 0 Å². The first-order chi connectivity index (χ1) is 13.4. The van der Waals surface area contributed by atoms with Gasteiger partial charge < -0.3 is 14.8 Å². The third kappa shape index (κ3) is 5.40. The summed E-state index contributed by atoms with van der Waals surface area (Å²) >= 11 is 1.63. The fourth-order valence-corrected chi connectivity index (χ4v) is 3.74. The van der Waals surface area contributed by atoms with Crippen molar-refractivity contribution < 1.29 is 0 Å². The molecule has 0 saturated heterocycles. The molecule has 0 spiro atoms. The van der Waals surface area contributed by atoms with Gasteiger partial charge in [0.05, 0.1) is 5.69 Å². The Morgan fingerprint density at radius 1 is 1.11 bits per heavy atom. The zero-order valence-corrected chi connectivity index (χ0v) is 17.1. The van der Waals surface area contributed by atoms with Gasteiger partial charge in [-0.1, -0.05) is 0 Å². The lowest BCUT2D eigenvalue weighted by molar-refractivity contribution is 0.294. The van der Waals surface area contributed by atoms with E-state index in [-0.39, 0.29) is 17.2 Å². The predicted molar refractivity (Wildman–Crippen MR) is 113 cm³/mol. The fraction of sp³-hybridized carbons (Fsp3) is 0.350. The van der Waals surface area contributed by atoms with E-state index >= 15 is 0 Å². The number of aromatic amines is 2. The zero-order chi connectivity index (χ0) is 20.1. The van der Waals surface area contributed by atoms with E-state index in [1.165, 1.54) is 0 Å². The Bertz CT molecular complexity index is 1010. The molecule has 2 N–H and O–H groups in total. The number of likely N-dealkylation sites (N-methyl/N-ethyl adjacent to an activating group) is 2. The Morgan fingerprint density at radius 3 is 2.61 bits per heavy atom. The van der Waals surface area contributed by atoms with Gasteiger partial charge in [0.15, 0.2) is 0 Å². The average molecular weight is 400 g/mol. The number of thiophene rings is 1. The van der Waals surface area contributed by atoms with Crippen molar-refractivity contribution in [3.05, 3.63) is 78.8 Å². The molecule has 3 rings (SSSR count). The first-order valence-corrected chi connectivity index (χ1v) is 10.0. The largest absolute Gasteiger partial charge is 0.344 e. The molecule has 0 aromatic carbocycles. The maximum atomic E-state index is 12.1. The lowest BCUT2D eigenvalue weighted by Gasteiger charge is -2.29. The molecule has 0 aliphatic rings. The Balaban J connectivity index is 1.76. The predicted octanol–water partition coefficient (Wildman–Crippen LogP) is 1.72. The van der Waals surface area contributed by atoms with E-state index in [9.17, 15) is 9.59 Å². The average Bonchev–Trinajstić information content (AvgIpc) is 3.13. The number of rotatable bonds is 8. The van der Waals surface area contributed by atoms with E-state index in [1.54, 1.807) is 29.7 Å². The van der Waals surface area contributed by atoms with E-state index in [2.05, 4.69) is 25.2 Å². The maximum absolute atomic E-state index is 12.1. The summed E-state index contributed by atoms with van der Waals surface area (Å²) in [5, 5.41) is 4.09. The second-order valence-electron chi connectivity index (χ2n) is 7.13. The van der Waals surface area contributed by atoms with Gasteiger partial charge in [0.25, 0.3) is 5.56 Å². The number of H-pyrrole nitrogens is 2. The summed E-state index contributed by atoms with van der Waals surface area (Å²) in [5.74, 6) is 0.551. The van der Waals surface area contributed by atoms with E-state index < -0.39 is 0 Å². The van der Waals surface area contributed by atoms with Crippen molar-refractivity contribution in [2.75, 3.05) is 32.6 Å². The van der Waals surface area contributed by atoms with Crippen LogP contribution < -0.4 is 16.0 Å². The number of nitrogens with one attached hydrogen (secondary N) is 2. The van der Waals surface area contributed by atoms with Crippen LogP contribution in [0, 0.1) is 0 Å². The van der Waals surface area contributed by atoms with Crippen molar-refractivity contribution in [2.45, 2.75) is 18.9 Å². The van der Waals surface area contributed by atoms with Gasteiger partial charge in [0, 0.05) is 44.4 Å². The molecule has 0 aliphatic carbocycles. The Kier molecular flexibility index (Phi) is 6.43. The minimum atomic E-state index is -0.155. The normalized spacial score (nSPS) is 12.3. The molecule has 3 heterocycles. The van der Waals surface area contributed by atoms with Crippen molar-refractivity contribution >= 4 is 17.3 Å². The molecule has 0 amide bonds. The molecule has 0 bridgehead atoms. The van der Waals surface area contributed by atoms with Crippen molar-refractivity contribution in [2.24, 2.45) is 0 Å². The highest BCUT2D eigenvalue weighted by molar-refractivity contribution is 7.07. The Hall–Kier alpha value is -2.71. The second-order valence-corrected chi connectivity index (χ2v) is 7.91. The highest BCUT2D eigenvalue weighted by atomic mass is 32.1. The van der Waals surface area contributed by atoms with Gasteiger partial charge in [0.2, 0.25) is 11.5 Å². The molecular weight excluding hydrogens is 374 g/mol. The zero-order valence-electron chi connectivity index (χ0n) is 16.3. The molecule has 3 aromatic rings. The summed E-state index contributed by atoms with van der Waals surface area (Å²) < 4.78 is 0. The van der Waals surface area contributed by atoms with Gasteiger partial charge in [-0.25, -0.2) is 4.98 Å². The first-order valence-electron chi connectivity index (χ1n) is 9.07. The summed E-state index contributed by atoms with van der Waals surface area (Å²) in [5.41, 5.74) is 2.62. The number of hydrogen-bond donors (Lipinski definition) is 2. The summed E-state index contributed by atoms with van der Waals surface area (Å²) in [6, 6.07) is 7.28. The number of nitrogens with zero attached hydrogens (tertiary/aromatic N) is 3. The summed E-state index contributed by atoms with van der Waals surface area (Å²) in [6.45, 7) is 0.657. The van der Waals surface area contributed by atoms with Crippen LogP contribution in [0.15, 0.2) is 50.8 Å². The topological polar surface area (TPSA) is 85.1 Å². The molecule has 0 saturated carbocycles. The van der Waals surface area contributed by atoms with Crippen LogP contribution in [0.3, 0.4) is 0 Å². The molecule has 7 nitrogen and oxygen atoms in total. The van der Waals surface area contributed by atoms with Crippen LogP contribution in [0.1, 0.15) is 16.8 Å². The molecule has 8 heteroatoms. The highest BCUT2D eigenvalue weighted by Crippen LogP contribution is 2.13. The molecule has 1 atom stereocenters. The second kappa shape index (κ2) is 8.99. The van der Waals surface area contributed by atoms with Crippen molar-refractivity contribution in [3.8, 4) is 0 Å². The third-order valence-corrected chi connectivity index (χ3v) is 5.37. The van der Waals surface area contributed by atoms with Crippen LogP contribution in [-0.2, 0) is 12.8 Å². The van der Waals surface area contributed by atoms with Gasteiger partial charge in [-0.05, 0) is 54.5 Å². The van der Waals surface area contributed by atoms with Crippen LogP contribution in [0.4, 0.5) is 5.95 Å². The fourth-order valence-electron chi connectivity index (χ4n) is 3.07. The van der Waals surface area contributed by atoms with Crippen LogP contribution in [-0.4, -0.2) is 53.6 Å². The molecule has 148 valence electrons. The number of hydrogen-bond acceptors (Lipinski definition) is 6. The molecule has 0 unspecified atom stereocenters. The van der Waals surface area contributed by atoms with Crippen molar-refractivity contribution in [1.29, 1.82) is 0 Å². The minimum absolute atomic E-state index is 0.101. The summed E-state index contributed by atoms with van der Waals surface area (Å²) in [6.07, 6.45) is 3.03. The van der Waals surface area contributed by atoms with Crippen LogP contribution in [0.25, 0.3) is 0 Å². The molecule has 28 heavy (non-hydrogen) atoms. The molecular formula is C20H25N5O2S. The van der Waals surface area contributed by atoms with Crippen molar-refractivity contribution in [1.82, 2.24) is 19.9 Å².